The minimum Gasteiger partial charge on any atom is -0.387 e. The predicted octanol–water partition coefficient (Wildman–Crippen LogP) is 3.02. The van der Waals surface area contributed by atoms with E-state index in [0.717, 1.165) is 0 Å². The molecular weight excluding hydrogens is 320 g/mol. The first kappa shape index (κ1) is 16.9. The van der Waals surface area contributed by atoms with E-state index < -0.39 is 16.9 Å². The Morgan fingerprint density at radius 2 is 2.00 bits per heavy atom. The number of carbonyl (C=O) groups excluding carboxylic acids is 1. The Kier molecular flexibility index (Phi) is 5.31. The molecule has 0 aliphatic carbocycles. The molecule has 7 heteroatoms. The van der Waals surface area contributed by atoms with Gasteiger partial charge >= 0.3 is 0 Å². The van der Waals surface area contributed by atoms with Gasteiger partial charge < -0.3 is 10.4 Å². The Labute approximate surface area is 137 Å². The fraction of sp³-hybridized carbons (Fsp3) is 0.188. The van der Waals surface area contributed by atoms with Crippen molar-refractivity contribution in [1.82, 2.24) is 5.32 Å². The summed E-state index contributed by atoms with van der Waals surface area (Å²) in [5.74, 6) is -0.610. The molecule has 1 amide bonds. The molecule has 0 bridgehead atoms. The van der Waals surface area contributed by atoms with Crippen molar-refractivity contribution in [3.05, 3.63) is 74.3 Å². The fourth-order valence-electron chi connectivity index (χ4n) is 2.23. The first-order valence-corrected chi connectivity index (χ1v) is 7.24. The number of aryl methyl sites for hydroxylation is 1. The van der Waals surface area contributed by atoms with Gasteiger partial charge in [0.15, 0.2) is 0 Å². The number of amides is 1. The van der Waals surface area contributed by atoms with Crippen LogP contribution in [-0.4, -0.2) is 22.5 Å². The molecule has 0 aliphatic rings. The molecule has 2 N–H and O–H groups in total. The monoisotopic (exact) mass is 334 g/mol. The summed E-state index contributed by atoms with van der Waals surface area (Å²) in [6.07, 6.45) is -1.00. The van der Waals surface area contributed by atoms with Crippen LogP contribution in [0.1, 0.15) is 27.6 Å². The number of carbonyl (C=O) groups is 1. The third kappa shape index (κ3) is 3.85. The van der Waals surface area contributed by atoms with Crippen molar-refractivity contribution < 1.29 is 14.8 Å². The molecule has 1 unspecified atom stereocenters. The van der Waals surface area contributed by atoms with Gasteiger partial charge in [0.25, 0.3) is 11.6 Å². The van der Waals surface area contributed by atoms with Crippen molar-refractivity contribution >= 4 is 23.2 Å². The maximum atomic E-state index is 12.3. The highest BCUT2D eigenvalue weighted by Gasteiger charge is 2.23. The number of aliphatic hydroxyl groups excluding tert-OH is 1. The molecule has 2 rings (SSSR count). The van der Waals surface area contributed by atoms with Gasteiger partial charge in [0.2, 0.25) is 0 Å². The summed E-state index contributed by atoms with van der Waals surface area (Å²) in [5, 5.41) is 24.0. The third-order valence-corrected chi connectivity index (χ3v) is 3.74. The number of rotatable bonds is 5. The van der Waals surface area contributed by atoms with E-state index in [1.807, 2.05) is 0 Å². The zero-order valence-electron chi connectivity index (χ0n) is 12.3. The average molecular weight is 335 g/mol. The van der Waals surface area contributed by atoms with Gasteiger partial charge in [-0.05, 0) is 18.6 Å². The molecule has 0 aliphatic heterocycles. The number of nitrogens with zero attached hydrogens (tertiary/aromatic N) is 1. The quantitative estimate of drug-likeness (QED) is 0.649. The lowest BCUT2D eigenvalue weighted by atomic mass is 10.1. The van der Waals surface area contributed by atoms with Gasteiger partial charge in [0.05, 0.1) is 11.0 Å². The Balaban J connectivity index is 2.15. The molecule has 0 spiro atoms. The van der Waals surface area contributed by atoms with Crippen LogP contribution in [0.25, 0.3) is 0 Å². The normalized spacial score (nSPS) is 11.8. The van der Waals surface area contributed by atoms with E-state index in [1.54, 1.807) is 37.3 Å². The topological polar surface area (TPSA) is 92.5 Å². The Bertz CT molecular complexity index is 749. The average Bonchev–Trinajstić information content (AvgIpc) is 2.52. The van der Waals surface area contributed by atoms with Crippen molar-refractivity contribution in [3.8, 4) is 0 Å². The molecule has 23 heavy (non-hydrogen) atoms. The minimum absolute atomic E-state index is 0.0103. The van der Waals surface area contributed by atoms with Crippen LogP contribution in [0.2, 0.25) is 5.02 Å². The number of benzene rings is 2. The van der Waals surface area contributed by atoms with Crippen LogP contribution in [0.15, 0.2) is 42.5 Å². The largest absolute Gasteiger partial charge is 0.387 e. The Morgan fingerprint density at radius 3 is 2.65 bits per heavy atom. The molecule has 120 valence electrons. The summed E-state index contributed by atoms with van der Waals surface area (Å²) in [5.41, 5.74) is 0.691. The zero-order valence-corrected chi connectivity index (χ0v) is 13.1. The third-order valence-electron chi connectivity index (χ3n) is 3.39. The van der Waals surface area contributed by atoms with E-state index in [4.69, 9.17) is 11.6 Å². The number of hydrogen-bond donors (Lipinski definition) is 2. The van der Waals surface area contributed by atoms with E-state index in [9.17, 15) is 20.0 Å². The summed E-state index contributed by atoms with van der Waals surface area (Å²) in [7, 11) is 0. The molecule has 0 radical (unpaired) electrons. The van der Waals surface area contributed by atoms with Crippen LogP contribution in [-0.2, 0) is 0 Å². The second-order valence-electron chi connectivity index (χ2n) is 4.97. The standard InChI is InChI=1S/C16H15ClN2O4/c1-10-5-4-8-13(19(22)23)15(10)16(21)18-9-14(20)11-6-2-3-7-12(11)17/h2-8,14,20H,9H2,1H3,(H,18,21). The van der Waals surface area contributed by atoms with Gasteiger partial charge in [-0.3, -0.25) is 14.9 Å². The van der Waals surface area contributed by atoms with Crippen LogP contribution in [0.4, 0.5) is 5.69 Å². The zero-order chi connectivity index (χ0) is 17.0. The summed E-state index contributed by atoms with van der Waals surface area (Å²) in [6, 6.07) is 11.1. The van der Waals surface area contributed by atoms with Crippen LogP contribution in [0, 0.1) is 17.0 Å². The summed E-state index contributed by atoms with van der Waals surface area (Å²) < 4.78 is 0. The number of halogens is 1. The number of nitro groups is 1. The highest BCUT2D eigenvalue weighted by atomic mass is 35.5. The molecule has 0 aromatic heterocycles. The summed E-state index contributed by atoms with van der Waals surface area (Å²) >= 11 is 5.98. The first-order valence-electron chi connectivity index (χ1n) is 6.86. The number of nitro benzene ring substituents is 1. The predicted molar refractivity (Wildman–Crippen MR) is 86.6 cm³/mol. The van der Waals surface area contributed by atoms with Crippen molar-refractivity contribution in [1.29, 1.82) is 0 Å². The molecule has 2 aromatic carbocycles. The second-order valence-corrected chi connectivity index (χ2v) is 5.38. The van der Waals surface area contributed by atoms with Crippen LogP contribution < -0.4 is 5.32 Å². The van der Waals surface area contributed by atoms with Crippen LogP contribution in [0.5, 0.6) is 0 Å². The van der Waals surface area contributed by atoms with E-state index in [0.29, 0.717) is 16.1 Å². The number of hydrogen-bond acceptors (Lipinski definition) is 4. The van der Waals surface area contributed by atoms with Gasteiger partial charge in [-0.25, -0.2) is 0 Å². The van der Waals surface area contributed by atoms with E-state index >= 15 is 0 Å². The van der Waals surface area contributed by atoms with Crippen molar-refractivity contribution in [3.63, 3.8) is 0 Å². The van der Waals surface area contributed by atoms with Gasteiger partial charge in [0, 0.05) is 23.2 Å². The molecule has 0 fully saturated rings. The SMILES string of the molecule is Cc1cccc([N+](=O)[O-])c1C(=O)NCC(O)c1ccccc1Cl. The number of nitrogens with one attached hydrogen (secondary N) is 1. The first-order chi connectivity index (χ1) is 10.9. The molecule has 2 aromatic rings. The van der Waals surface area contributed by atoms with Gasteiger partial charge in [-0.1, -0.05) is 41.9 Å². The Morgan fingerprint density at radius 1 is 1.30 bits per heavy atom. The lowest BCUT2D eigenvalue weighted by molar-refractivity contribution is -0.385. The van der Waals surface area contributed by atoms with Gasteiger partial charge in [-0.2, -0.15) is 0 Å². The molecule has 6 nitrogen and oxygen atoms in total. The van der Waals surface area contributed by atoms with Crippen molar-refractivity contribution in [2.45, 2.75) is 13.0 Å². The molecule has 0 heterocycles. The number of aliphatic hydroxyl groups is 1. The maximum absolute atomic E-state index is 12.3. The van der Waals surface area contributed by atoms with E-state index in [-0.39, 0.29) is 17.8 Å². The smallest absolute Gasteiger partial charge is 0.282 e. The fourth-order valence-corrected chi connectivity index (χ4v) is 2.49. The Hall–Kier alpha value is -2.44. The molecule has 0 saturated heterocycles. The highest BCUT2D eigenvalue weighted by molar-refractivity contribution is 6.31. The maximum Gasteiger partial charge on any atom is 0.282 e. The molecular formula is C16H15ClN2O4. The highest BCUT2D eigenvalue weighted by Crippen LogP contribution is 2.24. The molecule has 1 atom stereocenters. The van der Waals surface area contributed by atoms with Crippen LogP contribution in [0.3, 0.4) is 0 Å². The lowest BCUT2D eigenvalue weighted by Crippen LogP contribution is -2.29. The van der Waals surface area contributed by atoms with Crippen LogP contribution >= 0.6 is 11.6 Å². The minimum atomic E-state index is -1.00. The summed E-state index contributed by atoms with van der Waals surface area (Å²) in [4.78, 5) is 22.7. The van der Waals surface area contributed by atoms with Gasteiger partial charge in [0.1, 0.15) is 5.56 Å². The van der Waals surface area contributed by atoms with E-state index in [1.165, 1.54) is 12.1 Å². The van der Waals surface area contributed by atoms with E-state index in [2.05, 4.69) is 5.32 Å². The van der Waals surface area contributed by atoms with Crippen molar-refractivity contribution in [2.24, 2.45) is 0 Å². The lowest BCUT2D eigenvalue weighted by Gasteiger charge is -2.14. The van der Waals surface area contributed by atoms with Crippen molar-refractivity contribution in [2.75, 3.05) is 6.54 Å². The molecule has 0 saturated carbocycles. The summed E-state index contributed by atoms with van der Waals surface area (Å²) in [6.45, 7) is 1.51. The van der Waals surface area contributed by atoms with Gasteiger partial charge in [-0.15, -0.1) is 0 Å². The second kappa shape index (κ2) is 7.21.